The molecule has 1 fully saturated rings. The lowest BCUT2D eigenvalue weighted by atomic mass is 9.94. The van der Waals surface area contributed by atoms with Gasteiger partial charge in [-0.25, -0.2) is 19.7 Å². The lowest BCUT2D eigenvalue weighted by molar-refractivity contribution is -0.209. The Bertz CT molecular complexity index is 1830. The van der Waals surface area contributed by atoms with E-state index in [1.54, 1.807) is 19.9 Å². The van der Waals surface area contributed by atoms with Crippen LogP contribution in [-0.2, 0) is 40.7 Å². The number of phenols is 1. The Labute approximate surface area is 274 Å². The zero-order valence-electron chi connectivity index (χ0n) is 26.2. The molecule has 0 bridgehead atoms. The number of allylic oxidation sites excluding steroid dienone is 2. The predicted molar refractivity (Wildman–Crippen MR) is 163 cm³/mol. The molecule has 4 heterocycles. The minimum Gasteiger partial charge on any atom is -0.778 e. The summed E-state index contributed by atoms with van der Waals surface area (Å²) < 4.78 is 52.1. The Morgan fingerprint density at radius 3 is 2.65 bits per heavy atom. The van der Waals surface area contributed by atoms with Crippen molar-refractivity contribution in [1.82, 2.24) is 19.5 Å². The number of aromatic nitrogens is 4. The molecule has 18 nitrogen and oxygen atoms in total. The number of carbonyl (C=O) groups is 1. The van der Waals surface area contributed by atoms with Crippen LogP contribution in [0.25, 0.3) is 11.2 Å². The Balaban J connectivity index is 1.10. The number of carbonyl (C=O) groups excluding carboxylic acids is 1. The lowest BCUT2D eigenvalue weighted by Gasteiger charge is -2.32. The number of ether oxygens (including phenoxy) is 3. The van der Waals surface area contributed by atoms with Crippen LogP contribution in [0.15, 0.2) is 24.3 Å². The van der Waals surface area contributed by atoms with Crippen LogP contribution in [0.1, 0.15) is 53.0 Å². The van der Waals surface area contributed by atoms with E-state index in [9.17, 15) is 39.0 Å². The molecule has 2 aliphatic heterocycles. The van der Waals surface area contributed by atoms with Crippen LogP contribution in [0.2, 0.25) is 0 Å². The maximum atomic E-state index is 12.5. The maximum absolute atomic E-state index is 12.5. The van der Waals surface area contributed by atoms with Crippen molar-refractivity contribution in [3.8, 4) is 11.5 Å². The van der Waals surface area contributed by atoms with Crippen LogP contribution in [0.5, 0.6) is 11.5 Å². The number of imidazole rings is 1. The molecule has 1 aromatic carbocycles. The van der Waals surface area contributed by atoms with Crippen LogP contribution >= 0.6 is 15.2 Å². The average molecular weight is 712 g/mol. The summed E-state index contributed by atoms with van der Waals surface area (Å²) in [4.78, 5) is 49.0. The standard InChI is InChI=1S/C28H37N5O13P2/c1-14(6-7-16-21(34)19-17(9-43-28(19)37)15(2)24(16)42-3)5-4-8-44-47(38,39)13-48(40,41)45-10-18-22(35)23(36)27(46-18)33-12-32-20-25(29)30-11-31-26(20)33/h6,11-12,18,22-23,27,34-36H,4-5,7-10,13H2,1-3H3,(H,38,39)(H,40,41)(H2,29,30,31)/p-2/b14-6+. The smallest absolute Gasteiger partial charge is 0.342 e. The number of esters is 1. The molecule has 262 valence electrons. The first-order valence-corrected chi connectivity index (χ1v) is 18.2. The van der Waals surface area contributed by atoms with Gasteiger partial charge in [0.25, 0.3) is 0 Å². The van der Waals surface area contributed by atoms with E-state index >= 15 is 0 Å². The van der Waals surface area contributed by atoms with Crippen LogP contribution in [0, 0.1) is 6.92 Å². The summed E-state index contributed by atoms with van der Waals surface area (Å²) in [6, 6.07) is 0. The number of fused-ring (bicyclic) bond motifs is 2. The zero-order valence-corrected chi connectivity index (χ0v) is 28.0. The summed E-state index contributed by atoms with van der Waals surface area (Å²) in [5, 5.41) is 31.7. The Kier molecular flexibility index (Phi) is 10.6. The normalized spacial score (nSPS) is 23.6. The summed E-state index contributed by atoms with van der Waals surface area (Å²) in [6.45, 7) is 2.52. The number of hydrogen-bond donors (Lipinski definition) is 4. The predicted octanol–water partition coefficient (Wildman–Crippen LogP) is 0.787. The summed E-state index contributed by atoms with van der Waals surface area (Å²) in [6.07, 6.45) is -0.652. The summed E-state index contributed by atoms with van der Waals surface area (Å²) >= 11 is 0. The van der Waals surface area contributed by atoms with E-state index < -0.39 is 58.2 Å². The first kappa shape index (κ1) is 35.9. The number of rotatable bonds is 14. The fourth-order valence-electron chi connectivity index (χ4n) is 5.59. The quantitative estimate of drug-likeness (QED) is 0.0778. The summed E-state index contributed by atoms with van der Waals surface area (Å²) in [5.41, 5.74) is 8.81. The van der Waals surface area contributed by atoms with Gasteiger partial charge >= 0.3 is 5.97 Å². The van der Waals surface area contributed by atoms with E-state index in [4.69, 9.17) is 29.0 Å². The lowest BCUT2D eigenvalue weighted by Crippen LogP contribution is -2.34. The summed E-state index contributed by atoms with van der Waals surface area (Å²) in [7, 11) is -8.48. The van der Waals surface area contributed by atoms with Crippen molar-refractivity contribution in [3.05, 3.63) is 46.6 Å². The molecule has 0 amide bonds. The van der Waals surface area contributed by atoms with Crippen molar-refractivity contribution in [3.63, 3.8) is 0 Å². The third kappa shape index (κ3) is 7.42. The van der Waals surface area contributed by atoms with Crippen molar-refractivity contribution in [2.24, 2.45) is 0 Å². The number of benzene rings is 1. The molecule has 0 aliphatic carbocycles. The molecule has 5 N–H and O–H groups in total. The molecule has 0 spiro atoms. The number of hydrogen-bond acceptors (Lipinski definition) is 17. The van der Waals surface area contributed by atoms with E-state index in [0.29, 0.717) is 28.9 Å². The maximum Gasteiger partial charge on any atom is 0.342 e. The number of nitrogens with zero attached hydrogens (tertiary/aromatic N) is 4. The van der Waals surface area contributed by atoms with E-state index in [2.05, 4.69) is 15.0 Å². The van der Waals surface area contributed by atoms with Crippen LogP contribution in [0.4, 0.5) is 5.82 Å². The van der Waals surface area contributed by atoms with Gasteiger partial charge in [-0.2, -0.15) is 0 Å². The number of aliphatic hydroxyl groups is 2. The highest BCUT2D eigenvalue weighted by molar-refractivity contribution is 7.69. The molecule has 2 aliphatic rings. The monoisotopic (exact) mass is 711 g/mol. The minimum atomic E-state index is -5.04. The van der Waals surface area contributed by atoms with E-state index in [1.807, 2.05) is 0 Å². The fourth-order valence-corrected chi connectivity index (χ4v) is 8.73. The van der Waals surface area contributed by atoms with Gasteiger partial charge < -0.3 is 63.2 Å². The minimum absolute atomic E-state index is 0.0526. The highest BCUT2D eigenvalue weighted by Crippen LogP contribution is 2.53. The SMILES string of the molecule is COc1c(C)c2c(c(O)c1C/C=C(\C)CCCOP(=O)([O-])CP(=O)([O-])OCC1OC(n3cnc4c(N)ncnc43)C(O)C1O)C(=O)OC2. The topological polar surface area (TPSA) is 274 Å². The molecule has 1 saturated heterocycles. The van der Waals surface area contributed by atoms with Crippen molar-refractivity contribution in [2.75, 3.05) is 32.0 Å². The number of nitrogens with two attached hydrogens (primary N) is 1. The van der Waals surface area contributed by atoms with Gasteiger partial charge in [-0.3, -0.25) is 4.57 Å². The molecule has 2 aromatic heterocycles. The largest absolute Gasteiger partial charge is 0.778 e. The first-order chi connectivity index (χ1) is 22.6. The molecule has 3 aromatic rings. The average Bonchev–Trinajstić information content (AvgIpc) is 3.71. The number of nitrogen functional groups attached to an aromatic ring is 1. The second kappa shape index (κ2) is 14.2. The molecular formula is C28H35N5O13P2-2. The van der Waals surface area contributed by atoms with Crippen molar-refractivity contribution in [1.29, 1.82) is 0 Å². The first-order valence-electron chi connectivity index (χ1n) is 14.7. The van der Waals surface area contributed by atoms with Gasteiger partial charge in [-0.15, -0.1) is 0 Å². The van der Waals surface area contributed by atoms with Gasteiger partial charge in [0.2, 0.25) is 0 Å². The van der Waals surface area contributed by atoms with Crippen molar-refractivity contribution >= 4 is 38.1 Å². The number of aromatic hydroxyl groups is 1. The molecule has 5 rings (SSSR count). The second-order valence-corrected chi connectivity index (χ2v) is 15.5. The highest BCUT2D eigenvalue weighted by atomic mass is 31.2. The number of anilines is 1. The van der Waals surface area contributed by atoms with E-state index in [-0.39, 0.29) is 54.4 Å². The molecule has 0 radical (unpaired) electrons. The van der Waals surface area contributed by atoms with E-state index in [1.165, 1.54) is 24.3 Å². The Hall–Kier alpha value is -3.44. The molecule has 6 atom stereocenters. The van der Waals surface area contributed by atoms with E-state index in [0.717, 1.165) is 5.57 Å². The molecule has 20 heteroatoms. The fraction of sp³-hybridized carbons (Fsp3) is 0.500. The van der Waals surface area contributed by atoms with Crippen LogP contribution in [0.3, 0.4) is 0 Å². The zero-order chi connectivity index (χ0) is 35.0. The number of phenolic OH excluding ortho intramolecular Hbond substituents is 1. The van der Waals surface area contributed by atoms with Gasteiger partial charge in [0, 0.05) is 11.1 Å². The number of methoxy groups -OCH3 is 1. The van der Waals surface area contributed by atoms with Gasteiger partial charge in [0.15, 0.2) is 17.7 Å². The number of aliphatic hydroxyl groups excluding tert-OH is 2. The van der Waals surface area contributed by atoms with Crippen molar-refractivity contribution in [2.45, 2.75) is 64.3 Å². The second-order valence-electron chi connectivity index (χ2n) is 11.4. The van der Waals surface area contributed by atoms with Gasteiger partial charge in [-0.05, 0) is 38.7 Å². The number of cyclic esters (lactones) is 1. The summed E-state index contributed by atoms with van der Waals surface area (Å²) in [5.74, 6) is -1.75. The Morgan fingerprint density at radius 1 is 1.19 bits per heavy atom. The van der Waals surface area contributed by atoms with Crippen LogP contribution in [-0.4, -0.2) is 85.3 Å². The highest BCUT2D eigenvalue weighted by Gasteiger charge is 2.45. The van der Waals surface area contributed by atoms with Gasteiger partial charge in [0.05, 0.1) is 32.6 Å². The van der Waals surface area contributed by atoms with Gasteiger partial charge in [-0.1, -0.05) is 11.6 Å². The van der Waals surface area contributed by atoms with Crippen molar-refractivity contribution < 1.29 is 62.3 Å². The molecule has 6 unspecified atom stereocenters. The molecule has 48 heavy (non-hydrogen) atoms. The molecule has 0 saturated carbocycles. The Morgan fingerprint density at radius 2 is 1.92 bits per heavy atom. The molecular weight excluding hydrogens is 676 g/mol. The van der Waals surface area contributed by atoms with Crippen LogP contribution < -0.4 is 20.3 Å². The third-order valence-electron chi connectivity index (χ3n) is 8.09. The third-order valence-corrected chi connectivity index (χ3v) is 12.0. The van der Waals surface area contributed by atoms with Gasteiger partial charge in [0.1, 0.15) is 69.0 Å².